The second-order valence-electron chi connectivity index (χ2n) is 9.44. The van der Waals surface area contributed by atoms with Crippen molar-refractivity contribution in [2.75, 3.05) is 22.5 Å². The third-order valence-corrected chi connectivity index (χ3v) is 8.44. The molecule has 0 bridgehead atoms. The van der Waals surface area contributed by atoms with E-state index in [1.54, 1.807) is 6.07 Å². The molecule has 0 aliphatic heterocycles. The molecule has 1 aromatic carbocycles. The van der Waals surface area contributed by atoms with Crippen LogP contribution in [0.2, 0.25) is 0 Å². The number of aliphatic carboxylic acids is 1. The van der Waals surface area contributed by atoms with E-state index >= 15 is 0 Å². The van der Waals surface area contributed by atoms with Crippen LogP contribution >= 0.6 is 0 Å². The third kappa shape index (κ3) is 7.00. The molecule has 0 saturated heterocycles. The molecule has 2 aliphatic carbocycles. The number of hydrogen-bond donors (Lipinski definition) is 2. The van der Waals surface area contributed by atoms with E-state index < -0.39 is 15.8 Å². The predicted molar refractivity (Wildman–Crippen MR) is 132 cm³/mol. The van der Waals surface area contributed by atoms with Gasteiger partial charge in [0, 0.05) is 30.8 Å². The van der Waals surface area contributed by atoms with E-state index in [0.717, 1.165) is 25.2 Å². The fraction of sp³-hybridized carbons (Fsp3) is 0.520. The lowest BCUT2D eigenvalue weighted by molar-refractivity contribution is -0.137. The van der Waals surface area contributed by atoms with Gasteiger partial charge < -0.3 is 15.3 Å². The van der Waals surface area contributed by atoms with E-state index in [9.17, 15) is 18.0 Å². The largest absolute Gasteiger partial charge is 0.481 e. The van der Waals surface area contributed by atoms with Crippen molar-refractivity contribution in [1.82, 2.24) is 9.97 Å². The first-order chi connectivity index (χ1) is 16.8. The van der Waals surface area contributed by atoms with Crippen LogP contribution in [-0.4, -0.2) is 53.7 Å². The summed E-state index contributed by atoms with van der Waals surface area (Å²) in [7, 11) is -3.59. The zero-order valence-electron chi connectivity index (χ0n) is 19.7. The lowest BCUT2D eigenvalue weighted by Crippen LogP contribution is -2.39. The maximum Gasteiger partial charge on any atom is 0.303 e. The normalized spacial score (nSPS) is 16.6. The molecule has 188 valence electrons. The Balaban J connectivity index is 1.42. The average molecular weight is 501 g/mol. The molecule has 2 aromatic rings. The number of benzene rings is 1. The van der Waals surface area contributed by atoms with Gasteiger partial charge in [0.05, 0.1) is 10.6 Å². The van der Waals surface area contributed by atoms with Gasteiger partial charge in [-0.15, -0.1) is 0 Å². The summed E-state index contributed by atoms with van der Waals surface area (Å²) in [6.07, 6.45) is 9.75. The monoisotopic (exact) mass is 500 g/mol. The highest BCUT2D eigenvalue weighted by molar-refractivity contribution is 7.91. The number of nitrogens with one attached hydrogen (secondary N) is 1. The summed E-state index contributed by atoms with van der Waals surface area (Å²) >= 11 is 0. The zero-order valence-corrected chi connectivity index (χ0v) is 20.5. The molecule has 2 fully saturated rings. The van der Waals surface area contributed by atoms with Crippen LogP contribution in [0, 0.1) is 5.92 Å². The summed E-state index contributed by atoms with van der Waals surface area (Å²) in [5, 5.41) is 11.5. The van der Waals surface area contributed by atoms with E-state index in [4.69, 9.17) is 5.11 Å². The number of sulfone groups is 1. The number of carboxylic acids is 1. The van der Waals surface area contributed by atoms with Gasteiger partial charge >= 0.3 is 5.97 Å². The maximum absolute atomic E-state index is 12.9. The topological polar surface area (TPSA) is 130 Å². The SMILES string of the molecule is O=C(O)CCCS(=O)(=O)c1ccc(NC(=O)c2cc(N(CC3CC3)C3CCCCC3)ncn2)cc1. The molecule has 1 amide bonds. The number of rotatable bonds is 11. The van der Waals surface area contributed by atoms with Gasteiger partial charge in [-0.1, -0.05) is 19.3 Å². The Morgan fingerprint density at radius 3 is 2.40 bits per heavy atom. The minimum Gasteiger partial charge on any atom is -0.481 e. The molecule has 1 aromatic heterocycles. The second kappa shape index (κ2) is 11.2. The number of aromatic nitrogens is 2. The Labute approximate surface area is 205 Å². The molecule has 0 spiro atoms. The minimum absolute atomic E-state index is 0.0464. The van der Waals surface area contributed by atoms with Crippen molar-refractivity contribution in [1.29, 1.82) is 0 Å². The second-order valence-corrected chi connectivity index (χ2v) is 11.6. The predicted octanol–water partition coefficient (Wildman–Crippen LogP) is 3.92. The molecule has 0 radical (unpaired) electrons. The lowest BCUT2D eigenvalue weighted by atomic mass is 9.94. The van der Waals surface area contributed by atoms with E-state index in [-0.39, 0.29) is 35.1 Å². The number of carbonyl (C=O) groups is 2. The molecule has 35 heavy (non-hydrogen) atoms. The first-order valence-electron chi connectivity index (χ1n) is 12.3. The van der Waals surface area contributed by atoms with Gasteiger partial charge in [0.1, 0.15) is 17.8 Å². The van der Waals surface area contributed by atoms with Gasteiger partial charge in [0.25, 0.3) is 5.91 Å². The number of anilines is 2. The van der Waals surface area contributed by atoms with Crippen molar-refractivity contribution in [2.24, 2.45) is 5.92 Å². The van der Waals surface area contributed by atoms with Crippen molar-refractivity contribution < 1.29 is 23.1 Å². The van der Waals surface area contributed by atoms with Crippen molar-refractivity contribution in [2.45, 2.75) is 68.7 Å². The Morgan fingerprint density at radius 2 is 1.74 bits per heavy atom. The van der Waals surface area contributed by atoms with Crippen LogP contribution in [0.1, 0.15) is 68.3 Å². The molecule has 2 saturated carbocycles. The fourth-order valence-corrected chi connectivity index (χ4v) is 5.81. The van der Waals surface area contributed by atoms with Crippen LogP contribution < -0.4 is 10.2 Å². The molecule has 0 unspecified atom stereocenters. The van der Waals surface area contributed by atoms with Crippen molar-refractivity contribution >= 4 is 33.2 Å². The average Bonchev–Trinajstić information content (AvgIpc) is 3.67. The summed E-state index contributed by atoms with van der Waals surface area (Å²) in [6, 6.07) is 8.06. The number of nitrogens with zero attached hydrogens (tertiary/aromatic N) is 3. The van der Waals surface area contributed by atoms with E-state index in [1.807, 2.05) is 0 Å². The first-order valence-corrected chi connectivity index (χ1v) is 13.9. The van der Waals surface area contributed by atoms with Crippen LogP contribution in [0.15, 0.2) is 41.6 Å². The van der Waals surface area contributed by atoms with Crippen molar-refractivity contribution in [3.8, 4) is 0 Å². The molecule has 9 nitrogen and oxygen atoms in total. The Kier molecular flexibility index (Phi) is 8.00. The van der Waals surface area contributed by atoms with Crippen LogP contribution in [-0.2, 0) is 14.6 Å². The quantitative estimate of drug-likeness (QED) is 0.475. The number of hydrogen-bond acceptors (Lipinski definition) is 7. The van der Waals surface area contributed by atoms with E-state index in [2.05, 4.69) is 20.2 Å². The van der Waals surface area contributed by atoms with Crippen molar-refractivity contribution in [3.05, 3.63) is 42.4 Å². The molecular formula is C25H32N4O5S. The molecule has 2 N–H and O–H groups in total. The molecule has 2 aliphatic rings. The van der Waals surface area contributed by atoms with Crippen LogP contribution in [0.5, 0.6) is 0 Å². The maximum atomic E-state index is 12.9. The number of carboxylic acid groups (broad SMARTS) is 1. The van der Waals surface area contributed by atoms with Crippen LogP contribution in [0.4, 0.5) is 11.5 Å². The van der Waals surface area contributed by atoms with Gasteiger partial charge in [0.2, 0.25) is 0 Å². The molecule has 0 atom stereocenters. The van der Waals surface area contributed by atoms with Gasteiger partial charge in [-0.05, 0) is 62.3 Å². The third-order valence-electron chi connectivity index (χ3n) is 6.62. The summed E-state index contributed by atoms with van der Waals surface area (Å²) < 4.78 is 24.8. The minimum atomic E-state index is -3.59. The van der Waals surface area contributed by atoms with Gasteiger partial charge in [-0.2, -0.15) is 0 Å². The van der Waals surface area contributed by atoms with Gasteiger partial charge in [-0.3, -0.25) is 9.59 Å². The molecule has 1 heterocycles. The summed E-state index contributed by atoms with van der Waals surface area (Å²) in [4.78, 5) is 34.6. The van der Waals surface area contributed by atoms with Crippen LogP contribution in [0.25, 0.3) is 0 Å². The van der Waals surface area contributed by atoms with Gasteiger partial charge in [0.15, 0.2) is 9.84 Å². The standard InChI is InChI=1S/C25H32N4O5S/c30-24(31)7-4-14-35(33,34)21-12-10-19(11-13-21)28-25(32)22-15-23(27-17-26-22)29(16-18-8-9-18)20-5-2-1-3-6-20/h10-13,15,17-18,20H,1-9,14,16H2,(H,28,32)(H,30,31). The first kappa shape index (κ1) is 25.1. The lowest BCUT2D eigenvalue weighted by Gasteiger charge is -2.35. The number of amides is 1. The van der Waals surface area contributed by atoms with Gasteiger partial charge in [-0.25, -0.2) is 18.4 Å². The summed E-state index contributed by atoms with van der Waals surface area (Å²) in [5.41, 5.74) is 0.707. The summed E-state index contributed by atoms with van der Waals surface area (Å²) in [5.74, 6) is -0.177. The van der Waals surface area contributed by atoms with Crippen molar-refractivity contribution in [3.63, 3.8) is 0 Å². The molecule has 4 rings (SSSR count). The Bertz CT molecular complexity index is 1140. The Morgan fingerprint density at radius 1 is 1.03 bits per heavy atom. The molecule has 10 heteroatoms. The number of carbonyl (C=O) groups excluding carboxylic acids is 1. The molecular weight excluding hydrogens is 468 g/mol. The highest BCUT2D eigenvalue weighted by atomic mass is 32.2. The highest BCUT2D eigenvalue weighted by Crippen LogP contribution is 2.34. The Hall–Kier alpha value is -3.01. The smallest absolute Gasteiger partial charge is 0.303 e. The highest BCUT2D eigenvalue weighted by Gasteiger charge is 2.30. The van der Waals surface area contributed by atoms with Crippen LogP contribution in [0.3, 0.4) is 0 Å². The fourth-order valence-electron chi connectivity index (χ4n) is 4.50. The van der Waals surface area contributed by atoms with E-state index in [1.165, 1.54) is 62.7 Å². The zero-order chi connectivity index (χ0) is 24.8. The van der Waals surface area contributed by atoms with E-state index in [0.29, 0.717) is 17.6 Å². The summed E-state index contributed by atoms with van der Waals surface area (Å²) in [6.45, 7) is 0.963.